The molecule has 1 aromatic heterocycles. The zero-order chi connectivity index (χ0) is 10.1. The lowest BCUT2D eigenvalue weighted by Gasteiger charge is -1.97. The number of hydrogen-bond acceptors (Lipinski definition) is 3. The van der Waals surface area contributed by atoms with E-state index in [0.29, 0.717) is 11.1 Å². The first-order valence-electron chi connectivity index (χ1n) is 4.14. The highest BCUT2D eigenvalue weighted by Gasteiger charge is 2.09. The molecule has 0 amide bonds. The van der Waals surface area contributed by atoms with Crippen molar-refractivity contribution in [2.24, 2.45) is 0 Å². The molecule has 2 aromatic rings. The van der Waals surface area contributed by atoms with E-state index in [1.165, 1.54) is 11.3 Å². The van der Waals surface area contributed by atoms with Crippen LogP contribution in [0.4, 0.5) is 0 Å². The first kappa shape index (κ1) is 8.92. The first-order valence-corrected chi connectivity index (χ1v) is 5.02. The number of nitrogens with zero attached hydrogens (tertiary/aromatic N) is 1. The summed E-state index contributed by atoms with van der Waals surface area (Å²) in [5.74, 6) is 0. The molecule has 14 heavy (non-hydrogen) atoms. The predicted molar refractivity (Wildman–Crippen MR) is 56.7 cm³/mol. The highest BCUT2D eigenvalue weighted by Crippen LogP contribution is 2.30. The van der Waals surface area contributed by atoms with E-state index in [1.54, 1.807) is 11.4 Å². The number of thiophene rings is 1. The van der Waals surface area contributed by atoms with Crippen molar-refractivity contribution in [3.05, 3.63) is 34.2 Å². The highest BCUT2D eigenvalue weighted by molar-refractivity contribution is 7.17. The molecular formula is C11H7NOS. The fraction of sp³-hybridized carbons (Fsp3) is 0.0909. The summed E-state index contributed by atoms with van der Waals surface area (Å²) in [6, 6.07) is 5.78. The fourth-order valence-electron chi connectivity index (χ4n) is 1.49. The van der Waals surface area contributed by atoms with E-state index in [2.05, 4.69) is 6.07 Å². The van der Waals surface area contributed by atoms with Crippen molar-refractivity contribution in [1.29, 1.82) is 5.26 Å². The number of fused-ring (bicyclic) bond motifs is 1. The number of rotatable bonds is 1. The molecule has 0 spiro atoms. The fourth-order valence-corrected chi connectivity index (χ4v) is 2.50. The van der Waals surface area contributed by atoms with E-state index in [-0.39, 0.29) is 0 Å². The van der Waals surface area contributed by atoms with Gasteiger partial charge in [-0.1, -0.05) is 6.07 Å². The maximum Gasteiger partial charge on any atom is 0.151 e. The van der Waals surface area contributed by atoms with Crippen LogP contribution in [0.2, 0.25) is 0 Å². The van der Waals surface area contributed by atoms with Crippen LogP contribution in [0.1, 0.15) is 21.5 Å². The lowest BCUT2D eigenvalue weighted by atomic mass is 10.1. The number of hydrogen-bond donors (Lipinski definition) is 0. The molecule has 0 aliphatic heterocycles. The average Bonchev–Trinajstić information content (AvgIpc) is 2.63. The number of benzene rings is 1. The molecule has 3 heteroatoms. The maximum absolute atomic E-state index is 10.8. The molecule has 0 N–H and O–H groups in total. The Morgan fingerprint density at radius 3 is 2.93 bits per heavy atom. The van der Waals surface area contributed by atoms with Gasteiger partial charge < -0.3 is 0 Å². The standard InChI is InChI=1S/C11H7NOS/c1-7-2-3-8(4-12)10-9(5-13)6-14-11(7)10/h2-3,5-6H,1H3. The molecule has 0 aliphatic rings. The SMILES string of the molecule is Cc1ccc(C#N)c2c(C=O)csc12. The number of carbonyl (C=O) groups is 1. The Hall–Kier alpha value is -1.66. The minimum atomic E-state index is 0.578. The second-order valence-corrected chi connectivity index (χ2v) is 3.93. The van der Waals surface area contributed by atoms with E-state index in [4.69, 9.17) is 5.26 Å². The molecule has 0 bridgehead atoms. The van der Waals surface area contributed by atoms with Crippen LogP contribution in [0.15, 0.2) is 17.5 Å². The predicted octanol–water partition coefficient (Wildman–Crippen LogP) is 2.89. The molecular weight excluding hydrogens is 194 g/mol. The van der Waals surface area contributed by atoms with Crippen molar-refractivity contribution in [3.8, 4) is 6.07 Å². The lowest BCUT2D eigenvalue weighted by molar-refractivity contribution is 0.112. The van der Waals surface area contributed by atoms with Gasteiger partial charge in [-0.3, -0.25) is 4.79 Å². The molecule has 2 nitrogen and oxygen atoms in total. The van der Waals surface area contributed by atoms with Gasteiger partial charge in [-0.05, 0) is 18.6 Å². The van der Waals surface area contributed by atoms with E-state index in [9.17, 15) is 4.79 Å². The van der Waals surface area contributed by atoms with Crippen LogP contribution < -0.4 is 0 Å². The lowest BCUT2D eigenvalue weighted by Crippen LogP contribution is -1.83. The molecule has 0 atom stereocenters. The zero-order valence-electron chi connectivity index (χ0n) is 7.57. The van der Waals surface area contributed by atoms with Crippen molar-refractivity contribution >= 4 is 27.7 Å². The Morgan fingerprint density at radius 2 is 2.29 bits per heavy atom. The van der Waals surface area contributed by atoms with Crippen LogP contribution in [0.3, 0.4) is 0 Å². The summed E-state index contributed by atoms with van der Waals surface area (Å²) in [5.41, 5.74) is 2.30. The van der Waals surface area contributed by atoms with Gasteiger partial charge in [-0.25, -0.2) is 0 Å². The number of aryl methyl sites for hydroxylation is 1. The van der Waals surface area contributed by atoms with Crippen LogP contribution in [0.5, 0.6) is 0 Å². The monoisotopic (exact) mass is 201 g/mol. The first-order chi connectivity index (χ1) is 6.77. The van der Waals surface area contributed by atoms with Gasteiger partial charge in [-0.15, -0.1) is 11.3 Å². The van der Waals surface area contributed by atoms with Gasteiger partial charge in [0.1, 0.15) is 0 Å². The van der Waals surface area contributed by atoms with Crippen LogP contribution in [0, 0.1) is 18.3 Å². The van der Waals surface area contributed by atoms with Crippen molar-refractivity contribution in [2.75, 3.05) is 0 Å². The third-order valence-corrected chi connectivity index (χ3v) is 3.33. The Kier molecular flexibility index (Phi) is 2.06. The molecule has 1 aromatic carbocycles. The molecule has 68 valence electrons. The van der Waals surface area contributed by atoms with Crippen molar-refractivity contribution in [1.82, 2.24) is 0 Å². The van der Waals surface area contributed by atoms with Crippen LogP contribution >= 0.6 is 11.3 Å². The summed E-state index contributed by atoms with van der Waals surface area (Å²) in [6.45, 7) is 1.98. The van der Waals surface area contributed by atoms with Crippen molar-refractivity contribution in [3.63, 3.8) is 0 Å². The largest absolute Gasteiger partial charge is 0.298 e. The Balaban J connectivity index is 2.97. The third-order valence-electron chi connectivity index (χ3n) is 2.19. The second-order valence-electron chi connectivity index (χ2n) is 3.05. The van der Waals surface area contributed by atoms with Gasteiger partial charge in [0.15, 0.2) is 6.29 Å². The van der Waals surface area contributed by atoms with Crippen LogP contribution in [0.25, 0.3) is 10.1 Å². The number of aldehydes is 1. The summed E-state index contributed by atoms with van der Waals surface area (Å²) in [7, 11) is 0. The van der Waals surface area contributed by atoms with Crippen LogP contribution in [-0.4, -0.2) is 6.29 Å². The zero-order valence-corrected chi connectivity index (χ0v) is 8.39. The topological polar surface area (TPSA) is 40.9 Å². The van der Waals surface area contributed by atoms with Crippen molar-refractivity contribution in [2.45, 2.75) is 6.92 Å². The van der Waals surface area contributed by atoms with Gasteiger partial charge in [0.25, 0.3) is 0 Å². The molecule has 0 unspecified atom stereocenters. The maximum atomic E-state index is 10.8. The Labute approximate surface area is 85.4 Å². The molecule has 0 aliphatic carbocycles. The van der Waals surface area contributed by atoms with E-state index >= 15 is 0 Å². The smallest absolute Gasteiger partial charge is 0.151 e. The molecule has 0 saturated carbocycles. The quantitative estimate of drug-likeness (QED) is 0.665. The third kappa shape index (κ3) is 1.12. The second kappa shape index (κ2) is 3.24. The highest BCUT2D eigenvalue weighted by atomic mass is 32.1. The molecule has 0 radical (unpaired) electrons. The van der Waals surface area contributed by atoms with E-state index < -0.39 is 0 Å². The van der Waals surface area contributed by atoms with Gasteiger partial charge in [0.05, 0.1) is 11.6 Å². The summed E-state index contributed by atoms with van der Waals surface area (Å²) >= 11 is 1.51. The Bertz CT molecular complexity index is 548. The molecule has 0 fully saturated rings. The van der Waals surface area contributed by atoms with Gasteiger partial charge in [0, 0.05) is 21.0 Å². The van der Waals surface area contributed by atoms with Gasteiger partial charge >= 0.3 is 0 Å². The number of nitriles is 1. The van der Waals surface area contributed by atoms with Crippen molar-refractivity contribution < 1.29 is 4.79 Å². The van der Waals surface area contributed by atoms with Gasteiger partial charge in [-0.2, -0.15) is 5.26 Å². The van der Waals surface area contributed by atoms with Gasteiger partial charge in [0.2, 0.25) is 0 Å². The average molecular weight is 201 g/mol. The minimum Gasteiger partial charge on any atom is -0.298 e. The summed E-state index contributed by atoms with van der Waals surface area (Å²) in [4.78, 5) is 10.8. The van der Waals surface area contributed by atoms with E-state index in [1.807, 2.05) is 13.0 Å². The summed E-state index contributed by atoms with van der Waals surface area (Å²) in [6.07, 6.45) is 0.805. The molecule has 2 rings (SSSR count). The summed E-state index contributed by atoms with van der Waals surface area (Å²) < 4.78 is 1.03. The summed E-state index contributed by atoms with van der Waals surface area (Å²) in [5, 5.41) is 11.5. The normalized spacial score (nSPS) is 10.0. The molecule has 1 heterocycles. The Morgan fingerprint density at radius 1 is 1.50 bits per heavy atom. The minimum absolute atomic E-state index is 0.578. The molecule has 0 saturated heterocycles. The van der Waals surface area contributed by atoms with E-state index in [0.717, 1.165) is 21.9 Å². The van der Waals surface area contributed by atoms with Crippen LogP contribution in [-0.2, 0) is 0 Å². The number of carbonyl (C=O) groups excluding carboxylic acids is 1.